The quantitative estimate of drug-likeness (QED) is 0.437. The van der Waals surface area contributed by atoms with Gasteiger partial charge in [-0.05, 0) is 34.5 Å². The highest BCUT2D eigenvalue weighted by Gasteiger charge is 2.01. The molecular formula is C19H16N2OS. The normalized spacial score (nSPS) is 11.0. The maximum atomic E-state index is 11.8. The molecule has 0 aliphatic rings. The van der Waals surface area contributed by atoms with Crippen LogP contribution in [0.25, 0.3) is 10.8 Å². The summed E-state index contributed by atoms with van der Waals surface area (Å²) in [6, 6.07) is 24.1. The number of hydrogen-bond acceptors (Lipinski definition) is 3. The van der Waals surface area contributed by atoms with Crippen LogP contribution in [-0.4, -0.2) is 17.9 Å². The van der Waals surface area contributed by atoms with E-state index in [0.717, 1.165) is 15.8 Å². The standard InChI is InChI=1S/C19H16N2OS/c22-19(14-23-18-8-2-1-3-9-18)21-20-13-15-10-11-16-6-4-5-7-17(16)12-15/h1-13H,14H2,(H,21,22)/b20-13+. The van der Waals surface area contributed by atoms with Gasteiger partial charge < -0.3 is 0 Å². The van der Waals surface area contributed by atoms with Crippen molar-refractivity contribution in [2.75, 3.05) is 5.75 Å². The Morgan fingerprint density at radius 1 is 0.957 bits per heavy atom. The van der Waals surface area contributed by atoms with Gasteiger partial charge in [0.15, 0.2) is 0 Å². The predicted octanol–water partition coefficient (Wildman–Crippen LogP) is 4.08. The molecule has 0 saturated carbocycles. The monoisotopic (exact) mass is 320 g/mol. The number of benzene rings is 3. The Morgan fingerprint density at radius 2 is 1.70 bits per heavy atom. The van der Waals surface area contributed by atoms with E-state index in [1.54, 1.807) is 6.21 Å². The molecule has 0 aromatic heterocycles. The van der Waals surface area contributed by atoms with Gasteiger partial charge in [-0.1, -0.05) is 54.6 Å². The Labute approximate surface area is 139 Å². The summed E-state index contributed by atoms with van der Waals surface area (Å²) in [7, 11) is 0. The van der Waals surface area contributed by atoms with Gasteiger partial charge in [-0.15, -0.1) is 11.8 Å². The number of hydrogen-bond donors (Lipinski definition) is 1. The molecule has 114 valence electrons. The van der Waals surface area contributed by atoms with E-state index in [-0.39, 0.29) is 5.91 Å². The highest BCUT2D eigenvalue weighted by atomic mass is 32.2. The molecule has 0 atom stereocenters. The van der Waals surface area contributed by atoms with Crippen molar-refractivity contribution in [1.82, 2.24) is 5.43 Å². The fourth-order valence-corrected chi connectivity index (χ4v) is 2.88. The molecule has 3 rings (SSSR count). The van der Waals surface area contributed by atoms with E-state index >= 15 is 0 Å². The zero-order chi connectivity index (χ0) is 15.9. The van der Waals surface area contributed by atoms with Crippen LogP contribution in [0, 0.1) is 0 Å². The van der Waals surface area contributed by atoms with Gasteiger partial charge in [0, 0.05) is 4.90 Å². The molecule has 0 saturated heterocycles. The van der Waals surface area contributed by atoms with E-state index < -0.39 is 0 Å². The van der Waals surface area contributed by atoms with Crippen molar-refractivity contribution in [1.29, 1.82) is 0 Å². The second kappa shape index (κ2) is 7.61. The van der Waals surface area contributed by atoms with Crippen molar-refractivity contribution in [2.24, 2.45) is 5.10 Å². The van der Waals surface area contributed by atoms with Crippen LogP contribution in [0.5, 0.6) is 0 Å². The molecule has 3 aromatic rings. The third-order valence-electron chi connectivity index (χ3n) is 3.29. The minimum atomic E-state index is -0.115. The predicted molar refractivity (Wildman–Crippen MR) is 96.9 cm³/mol. The molecule has 3 nitrogen and oxygen atoms in total. The van der Waals surface area contributed by atoms with Crippen LogP contribution in [0.2, 0.25) is 0 Å². The number of amides is 1. The van der Waals surface area contributed by atoms with Crippen LogP contribution in [0.15, 0.2) is 82.8 Å². The summed E-state index contributed by atoms with van der Waals surface area (Å²) in [6.45, 7) is 0. The van der Waals surface area contributed by atoms with Gasteiger partial charge in [-0.3, -0.25) is 4.79 Å². The zero-order valence-corrected chi connectivity index (χ0v) is 13.3. The number of hydrazone groups is 1. The molecule has 0 fully saturated rings. The lowest BCUT2D eigenvalue weighted by molar-refractivity contribution is -0.118. The topological polar surface area (TPSA) is 41.5 Å². The van der Waals surface area contributed by atoms with Gasteiger partial charge in [0.25, 0.3) is 0 Å². The van der Waals surface area contributed by atoms with E-state index in [2.05, 4.69) is 22.7 Å². The van der Waals surface area contributed by atoms with Crippen LogP contribution in [0.1, 0.15) is 5.56 Å². The van der Waals surface area contributed by atoms with Gasteiger partial charge in [-0.25, -0.2) is 5.43 Å². The van der Waals surface area contributed by atoms with E-state index in [4.69, 9.17) is 0 Å². The first-order chi connectivity index (χ1) is 11.3. The summed E-state index contributed by atoms with van der Waals surface area (Å²) >= 11 is 1.49. The van der Waals surface area contributed by atoms with Crippen molar-refractivity contribution in [2.45, 2.75) is 4.90 Å². The molecular weight excluding hydrogens is 304 g/mol. The number of carbonyl (C=O) groups is 1. The molecule has 0 unspecified atom stereocenters. The van der Waals surface area contributed by atoms with Crippen LogP contribution in [-0.2, 0) is 4.79 Å². The van der Waals surface area contributed by atoms with Gasteiger partial charge >= 0.3 is 0 Å². The maximum Gasteiger partial charge on any atom is 0.250 e. The molecule has 0 aliphatic heterocycles. The summed E-state index contributed by atoms with van der Waals surface area (Å²) in [5.41, 5.74) is 3.52. The minimum Gasteiger partial charge on any atom is -0.272 e. The van der Waals surface area contributed by atoms with Gasteiger partial charge in [0.05, 0.1) is 12.0 Å². The van der Waals surface area contributed by atoms with Crippen molar-refractivity contribution in [3.63, 3.8) is 0 Å². The first kappa shape index (κ1) is 15.3. The summed E-state index contributed by atoms with van der Waals surface area (Å²) in [5.74, 6) is 0.231. The third kappa shape index (κ3) is 4.44. The van der Waals surface area contributed by atoms with Crippen molar-refractivity contribution >= 4 is 34.7 Å². The largest absolute Gasteiger partial charge is 0.272 e. The smallest absolute Gasteiger partial charge is 0.250 e. The van der Waals surface area contributed by atoms with Crippen LogP contribution < -0.4 is 5.43 Å². The summed E-state index contributed by atoms with van der Waals surface area (Å²) in [5, 5.41) is 6.37. The average Bonchev–Trinajstić information content (AvgIpc) is 2.61. The average molecular weight is 320 g/mol. The highest BCUT2D eigenvalue weighted by molar-refractivity contribution is 8.00. The Kier molecular flexibility index (Phi) is 5.06. The lowest BCUT2D eigenvalue weighted by atomic mass is 10.1. The summed E-state index contributed by atoms with van der Waals surface area (Å²) < 4.78 is 0. The Morgan fingerprint density at radius 3 is 2.52 bits per heavy atom. The van der Waals surface area contributed by atoms with Crippen LogP contribution >= 0.6 is 11.8 Å². The molecule has 4 heteroatoms. The number of thioether (sulfide) groups is 1. The van der Waals surface area contributed by atoms with E-state index in [1.165, 1.54) is 17.1 Å². The summed E-state index contributed by atoms with van der Waals surface area (Å²) in [6.07, 6.45) is 1.66. The fourth-order valence-electron chi connectivity index (χ4n) is 2.16. The molecule has 0 bridgehead atoms. The Bertz CT molecular complexity index is 831. The van der Waals surface area contributed by atoms with Gasteiger partial charge in [-0.2, -0.15) is 5.10 Å². The molecule has 0 spiro atoms. The molecule has 1 N–H and O–H groups in total. The molecule has 3 aromatic carbocycles. The number of nitrogens with one attached hydrogen (secondary N) is 1. The number of nitrogens with zero attached hydrogens (tertiary/aromatic N) is 1. The summed E-state index contributed by atoms with van der Waals surface area (Å²) in [4.78, 5) is 12.8. The number of rotatable bonds is 5. The Hall–Kier alpha value is -2.59. The molecule has 0 heterocycles. The van der Waals surface area contributed by atoms with E-state index in [1.807, 2.05) is 60.7 Å². The lowest BCUT2D eigenvalue weighted by Crippen LogP contribution is -2.19. The van der Waals surface area contributed by atoms with Crippen LogP contribution in [0.4, 0.5) is 0 Å². The second-order valence-corrected chi connectivity index (χ2v) is 6.05. The van der Waals surface area contributed by atoms with Crippen molar-refractivity contribution < 1.29 is 4.79 Å². The van der Waals surface area contributed by atoms with Gasteiger partial charge in [0.2, 0.25) is 5.91 Å². The van der Waals surface area contributed by atoms with Crippen molar-refractivity contribution in [3.8, 4) is 0 Å². The molecule has 0 aliphatic carbocycles. The van der Waals surface area contributed by atoms with Gasteiger partial charge in [0.1, 0.15) is 0 Å². The number of fused-ring (bicyclic) bond motifs is 1. The van der Waals surface area contributed by atoms with Crippen LogP contribution in [0.3, 0.4) is 0 Å². The highest BCUT2D eigenvalue weighted by Crippen LogP contribution is 2.16. The van der Waals surface area contributed by atoms with Crippen molar-refractivity contribution in [3.05, 3.63) is 78.4 Å². The molecule has 23 heavy (non-hydrogen) atoms. The molecule has 1 amide bonds. The SMILES string of the molecule is O=C(CSc1ccccc1)N/N=C/c1ccc2ccccc2c1. The van der Waals surface area contributed by atoms with E-state index in [0.29, 0.717) is 5.75 Å². The zero-order valence-electron chi connectivity index (χ0n) is 12.5. The first-order valence-electron chi connectivity index (χ1n) is 7.30. The second-order valence-electron chi connectivity index (χ2n) is 5.00. The Balaban J connectivity index is 1.54. The lowest BCUT2D eigenvalue weighted by Gasteiger charge is -2.01. The number of carbonyl (C=O) groups excluding carboxylic acids is 1. The third-order valence-corrected chi connectivity index (χ3v) is 4.30. The maximum absolute atomic E-state index is 11.8. The first-order valence-corrected chi connectivity index (χ1v) is 8.28. The van der Waals surface area contributed by atoms with E-state index in [9.17, 15) is 4.79 Å². The minimum absolute atomic E-state index is 0.115. The fraction of sp³-hybridized carbons (Fsp3) is 0.0526. The molecule has 0 radical (unpaired) electrons.